The molecule has 8 nitrogen and oxygen atoms in total. The normalized spacial score (nSPS) is 10.8. The SMILES string of the molecule is O=c1[nH]c2cc(NCc3ccc([N+](=O)[O-])o3)ccc2o1. The predicted octanol–water partition coefficient (Wildman–Crippen LogP) is 2.23. The second-order valence-electron chi connectivity index (χ2n) is 4.08. The van der Waals surface area contributed by atoms with Gasteiger partial charge in [-0.25, -0.2) is 4.79 Å². The molecule has 0 amide bonds. The molecule has 3 rings (SSSR count). The molecule has 0 bridgehead atoms. The van der Waals surface area contributed by atoms with Crippen molar-refractivity contribution in [3.05, 3.63) is 56.8 Å². The number of hydrogen-bond donors (Lipinski definition) is 2. The Hall–Kier alpha value is -3.03. The van der Waals surface area contributed by atoms with Crippen LogP contribution in [0, 0.1) is 10.1 Å². The number of nitrogens with one attached hydrogen (secondary N) is 2. The molecule has 0 aliphatic rings. The topological polar surface area (TPSA) is 114 Å². The summed E-state index contributed by atoms with van der Waals surface area (Å²) in [4.78, 5) is 23.5. The van der Waals surface area contributed by atoms with Gasteiger partial charge in [-0.1, -0.05) is 0 Å². The zero-order chi connectivity index (χ0) is 14.1. The lowest BCUT2D eigenvalue weighted by Gasteiger charge is -2.03. The molecule has 2 heterocycles. The van der Waals surface area contributed by atoms with Gasteiger partial charge in [0.1, 0.15) is 10.7 Å². The molecule has 0 atom stereocenters. The van der Waals surface area contributed by atoms with Gasteiger partial charge in [0, 0.05) is 5.69 Å². The number of anilines is 1. The van der Waals surface area contributed by atoms with E-state index in [9.17, 15) is 14.9 Å². The Bertz CT molecular complexity index is 829. The van der Waals surface area contributed by atoms with Crippen LogP contribution < -0.4 is 11.1 Å². The molecule has 2 aromatic heterocycles. The fourth-order valence-corrected chi connectivity index (χ4v) is 1.81. The van der Waals surface area contributed by atoms with Crippen molar-refractivity contribution in [2.24, 2.45) is 0 Å². The molecule has 0 aliphatic heterocycles. The van der Waals surface area contributed by atoms with Gasteiger partial charge in [0.25, 0.3) is 0 Å². The van der Waals surface area contributed by atoms with Crippen molar-refractivity contribution in [3.8, 4) is 0 Å². The highest BCUT2D eigenvalue weighted by Crippen LogP contribution is 2.19. The summed E-state index contributed by atoms with van der Waals surface area (Å²) in [5.74, 6) is -0.368. The van der Waals surface area contributed by atoms with Gasteiger partial charge < -0.3 is 14.2 Å². The molecular weight excluding hydrogens is 266 g/mol. The minimum absolute atomic E-state index is 0.293. The van der Waals surface area contributed by atoms with Crippen LogP contribution in [0.5, 0.6) is 0 Å². The van der Waals surface area contributed by atoms with Gasteiger partial charge in [0.15, 0.2) is 5.58 Å². The van der Waals surface area contributed by atoms with Gasteiger partial charge in [-0.15, -0.1) is 0 Å². The second-order valence-corrected chi connectivity index (χ2v) is 4.08. The molecule has 102 valence electrons. The van der Waals surface area contributed by atoms with Crippen molar-refractivity contribution in [2.75, 3.05) is 5.32 Å². The van der Waals surface area contributed by atoms with E-state index in [4.69, 9.17) is 8.83 Å². The summed E-state index contributed by atoms with van der Waals surface area (Å²) in [7, 11) is 0. The van der Waals surface area contributed by atoms with Crippen LogP contribution in [0.2, 0.25) is 0 Å². The molecule has 0 spiro atoms. The second kappa shape index (κ2) is 4.57. The molecule has 0 saturated heterocycles. The van der Waals surface area contributed by atoms with Crippen molar-refractivity contribution in [3.63, 3.8) is 0 Å². The highest BCUT2D eigenvalue weighted by Gasteiger charge is 2.11. The number of aromatic amines is 1. The van der Waals surface area contributed by atoms with E-state index in [1.54, 1.807) is 18.2 Å². The largest absolute Gasteiger partial charge is 0.433 e. The van der Waals surface area contributed by atoms with Crippen molar-refractivity contribution in [1.29, 1.82) is 0 Å². The maximum Gasteiger partial charge on any atom is 0.433 e. The molecule has 0 radical (unpaired) electrons. The van der Waals surface area contributed by atoms with E-state index < -0.39 is 10.7 Å². The minimum Gasteiger partial charge on any atom is -0.408 e. The number of nitro groups is 1. The zero-order valence-corrected chi connectivity index (χ0v) is 10.1. The van der Waals surface area contributed by atoms with Crippen LogP contribution in [0.3, 0.4) is 0 Å². The number of H-pyrrole nitrogens is 1. The van der Waals surface area contributed by atoms with Crippen molar-refractivity contribution in [2.45, 2.75) is 6.54 Å². The number of nitrogens with zero attached hydrogens (tertiary/aromatic N) is 1. The molecule has 8 heteroatoms. The monoisotopic (exact) mass is 275 g/mol. The Kier molecular flexibility index (Phi) is 2.75. The molecule has 0 unspecified atom stereocenters. The third-order valence-electron chi connectivity index (χ3n) is 2.71. The summed E-state index contributed by atoms with van der Waals surface area (Å²) in [6.45, 7) is 0.293. The first-order valence-corrected chi connectivity index (χ1v) is 5.72. The maximum absolute atomic E-state index is 11.0. The number of aromatic nitrogens is 1. The Labute approximate surface area is 111 Å². The van der Waals surface area contributed by atoms with Crippen LogP contribution in [0.15, 0.2) is 44.0 Å². The van der Waals surface area contributed by atoms with Crippen molar-refractivity contribution < 1.29 is 13.8 Å². The van der Waals surface area contributed by atoms with E-state index in [1.165, 1.54) is 12.1 Å². The fraction of sp³-hybridized carbons (Fsp3) is 0.0833. The Morgan fingerprint density at radius 1 is 1.25 bits per heavy atom. The Morgan fingerprint density at radius 3 is 2.85 bits per heavy atom. The summed E-state index contributed by atoms with van der Waals surface area (Å²) < 4.78 is 9.90. The lowest BCUT2D eigenvalue weighted by molar-refractivity contribution is -0.402. The summed E-state index contributed by atoms with van der Waals surface area (Å²) >= 11 is 0. The average molecular weight is 275 g/mol. The quantitative estimate of drug-likeness (QED) is 0.557. The molecule has 0 fully saturated rings. The first kappa shape index (κ1) is 12.0. The Morgan fingerprint density at radius 2 is 2.10 bits per heavy atom. The standard InChI is InChI=1S/C12H9N3O5/c16-12-14-9-5-7(1-3-10(9)20-12)13-6-8-2-4-11(19-8)15(17)18/h1-5,13H,6H2,(H,14,16). The maximum atomic E-state index is 11.0. The number of benzene rings is 1. The molecule has 3 aromatic rings. The fourth-order valence-electron chi connectivity index (χ4n) is 1.81. The average Bonchev–Trinajstić information content (AvgIpc) is 3.00. The summed E-state index contributed by atoms with van der Waals surface area (Å²) in [6.07, 6.45) is 0. The van der Waals surface area contributed by atoms with E-state index in [0.29, 0.717) is 23.4 Å². The van der Waals surface area contributed by atoms with E-state index in [0.717, 1.165) is 5.69 Å². The van der Waals surface area contributed by atoms with Crippen LogP contribution in [0.1, 0.15) is 5.76 Å². The summed E-state index contributed by atoms with van der Waals surface area (Å²) in [5.41, 5.74) is 1.77. The lowest BCUT2D eigenvalue weighted by atomic mass is 10.3. The number of rotatable bonds is 4. The van der Waals surface area contributed by atoms with E-state index >= 15 is 0 Å². The van der Waals surface area contributed by atoms with Gasteiger partial charge in [-0.05, 0) is 24.3 Å². The third-order valence-corrected chi connectivity index (χ3v) is 2.71. The highest BCUT2D eigenvalue weighted by atomic mass is 16.6. The zero-order valence-electron chi connectivity index (χ0n) is 10.1. The third kappa shape index (κ3) is 2.26. The molecule has 0 saturated carbocycles. The van der Waals surface area contributed by atoms with Crippen LogP contribution in [0.25, 0.3) is 11.1 Å². The van der Waals surface area contributed by atoms with Crippen molar-refractivity contribution >= 4 is 22.7 Å². The van der Waals surface area contributed by atoms with E-state index in [-0.39, 0.29) is 5.88 Å². The van der Waals surface area contributed by atoms with Gasteiger partial charge in [0.2, 0.25) is 0 Å². The number of hydrogen-bond acceptors (Lipinski definition) is 6. The molecule has 1 aromatic carbocycles. The summed E-state index contributed by atoms with van der Waals surface area (Å²) in [6, 6.07) is 7.92. The van der Waals surface area contributed by atoms with E-state index in [1.807, 2.05) is 0 Å². The highest BCUT2D eigenvalue weighted by molar-refractivity contribution is 5.76. The van der Waals surface area contributed by atoms with Gasteiger partial charge in [0.05, 0.1) is 18.1 Å². The van der Waals surface area contributed by atoms with Gasteiger partial charge in [-0.3, -0.25) is 15.1 Å². The number of oxazole rings is 1. The number of furan rings is 1. The van der Waals surface area contributed by atoms with Crippen molar-refractivity contribution in [1.82, 2.24) is 4.98 Å². The van der Waals surface area contributed by atoms with Gasteiger partial charge in [-0.2, -0.15) is 0 Å². The predicted molar refractivity (Wildman–Crippen MR) is 69.5 cm³/mol. The minimum atomic E-state index is -0.592. The van der Waals surface area contributed by atoms with Crippen LogP contribution in [0.4, 0.5) is 11.6 Å². The smallest absolute Gasteiger partial charge is 0.408 e. The van der Waals surface area contributed by atoms with Gasteiger partial charge >= 0.3 is 11.6 Å². The molecule has 2 N–H and O–H groups in total. The van der Waals surface area contributed by atoms with Crippen LogP contribution >= 0.6 is 0 Å². The molecular formula is C12H9N3O5. The first-order valence-electron chi connectivity index (χ1n) is 5.72. The van der Waals surface area contributed by atoms with Crippen LogP contribution in [-0.4, -0.2) is 9.91 Å². The number of fused-ring (bicyclic) bond motifs is 1. The van der Waals surface area contributed by atoms with Crippen LogP contribution in [-0.2, 0) is 6.54 Å². The Balaban J connectivity index is 1.75. The lowest BCUT2D eigenvalue weighted by Crippen LogP contribution is -1.98. The summed E-state index contributed by atoms with van der Waals surface area (Å²) in [5, 5.41) is 13.5. The molecule has 0 aliphatic carbocycles. The molecule has 20 heavy (non-hydrogen) atoms. The first-order chi connectivity index (χ1) is 9.61. The van der Waals surface area contributed by atoms with E-state index in [2.05, 4.69) is 10.3 Å².